The van der Waals surface area contributed by atoms with Gasteiger partial charge >= 0.3 is 0 Å². The van der Waals surface area contributed by atoms with Gasteiger partial charge in [0.05, 0.1) is 11.2 Å². The van der Waals surface area contributed by atoms with Crippen LogP contribution in [-0.4, -0.2) is 27.2 Å². The second kappa shape index (κ2) is 6.27. The molecule has 0 aliphatic carbocycles. The molecule has 0 spiro atoms. The fraction of sp³-hybridized carbons (Fsp3) is 0.667. The quantitative estimate of drug-likeness (QED) is 0.806. The van der Waals surface area contributed by atoms with Crippen molar-refractivity contribution < 1.29 is 4.21 Å². The van der Waals surface area contributed by atoms with E-state index in [1.54, 1.807) is 17.6 Å². The molecule has 0 bridgehead atoms. The summed E-state index contributed by atoms with van der Waals surface area (Å²) < 4.78 is 10.9. The molecule has 2 unspecified atom stereocenters. The standard InChI is InChI=1S/C9H16N2OS2/c1-8(3-4-14(2)12)10-5-9-6-13-7-11-9/h6-8,10H,3-5H2,1-2H3. The Morgan fingerprint density at radius 3 is 3.07 bits per heavy atom. The van der Waals surface area contributed by atoms with Gasteiger partial charge in [0.15, 0.2) is 0 Å². The Hall–Kier alpha value is -0.260. The largest absolute Gasteiger partial charge is 0.309 e. The van der Waals surface area contributed by atoms with Crippen molar-refractivity contribution in [2.45, 2.75) is 25.9 Å². The van der Waals surface area contributed by atoms with Gasteiger partial charge in [0.25, 0.3) is 0 Å². The van der Waals surface area contributed by atoms with Crippen LogP contribution in [0.2, 0.25) is 0 Å². The third-order valence-electron chi connectivity index (χ3n) is 1.95. The summed E-state index contributed by atoms with van der Waals surface area (Å²) in [4.78, 5) is 4.18. The van der Waals surface area contributed by atoms with E-state index in [1.807, 2.05) is 10.9 Å². The van der Waals surface area contributed by atoms with E-state index in [0.717, 1.165) is 24.4 Å². The van der Waals surface area contributed by atoms with Crippen LogP contribution in [0.4, 0.5) is 0 Å². The van der Waals surface area contributed by atoms with Crippen molar-refractivity contribution in [3.05, 3.63) is 16.6 Å². The highest BCUT2D eigenvalue weighted by Crippen LogP contribution is 2.01. The lowest BCUT2D eigenvalue weighted by Gasteiger charge is -2.11. The molecule has 0 radical (unpaired) electrons. The molecule has 0 saturated heterocycles. The van der Waals surface area contributed by atoms with Gasteiger partial charge in [-0.25, -0.2) is 4.98 Å². The summed E-state index contributed by atoms with van der Waals surface area (Å²) in [5.41, 5.74) is 2.92. The lowest BCUT2D eigenvalue weighted by atomic mass is 10.2. The maximum absolute atomic E-state index is 10.9. The topological polar surface area (TPSA) is 42.0 Å². The first-order valence-corrected chi connectivity index (χ1v) is 7.26. The molecule has 3 nitrogen and oxygen atoms in total. The first-order valence-electron chi connectivity index (χ1n) is 4.59. The highest BCUT2D eigenvalue weighted by Gasteiger charge is 2.03. The molecule has 2 atom stereocenters. The number of nitrogens with zero attached hydrogens (tertiary/aromatic N) is 1. The molecule has 5 heteroatoms. The fourth-order valence-electron chi connectivity index (χ4n) is 1.05. The average Bonchev–Trinajstić information content (AvgIpc) is 2.63. The van der Waals surface area contributed by atoms with E-state index in [4.69, 9.17) is 0 Å². The van der Waals surface area contributed by atoms with Crippen LogP contribution in [0.1, 0.15) is 19.0 Å². The van der Waals surface area contributed by atoms with Gasteiger partial charge in [-0.1, -0.05) is 0 Å². The molecular weight excluding hydrogens is 216 g/mol. The fourth-order valence-corrected chi connectivity index (χ4v) is 2.29. The van der Waals surface area contributed by atoms with Gasteiger partial charge in [0.2, 0.25) is 0 Å². The summed E-state index contributed by atoms with van der Waals surface area (Å²) in [6.45, 7) is 2.92. The van der Waals surface area contributed by atoms with E-state index in [0.29, 0.717) is 6.04 Å². The second-order valence-corrected chi connectivity index (χ2v) is 5.60. The summed E-state index contributed by atoms with van der Waals surface area (Å²) in [7, 11) is -0.680. The Labute approximate surface area is 91.4 Å². The molecule has 1 aromatic rings. The molecule has 1 N–H and O–H groups in total. The number of hydrogen-bond acceptors (Lipinski definition) is 4. The Morgan fingerprint density at radius 2 is 2.50 bits per heavy atom. The molecular formula is C9H16N2OS2. The maximum Gasteiger partial charge on any atom is 0.0795 e. The molecule has 14 heavy (non-hydrogen) atoms. The van der Waals surface area contributed by atoms with Crippen LogP contribution >= 0.6 is 11.3 Å². The molecule has 80 valence electrons. The summed E-state index contributed by atoms with van der Waals surface area (Å²) >= 11 is 1.61. The summed E-state index contributed by atoms with van der Waals surface area (Å²) in [5, 5.41) is 5.39. The van der Waals surface area contributed by atoms with E-state index in [9.17, 15) is 4.21 Å². The highest BCUT2D eigenvalue weighted by molar-refractivity contribution is 7.84. The Kier molecular flexibility index (Phi) is 5.29. The first kappa shape index (κ1) is 11.8. The van der Waals surface area contributed by atoms with Crippen molar-refractivity contribution in [2.24, 2.45) is 0 Å². The zero-order chi connectivity index (χ0) is 10.4. The van der Waals surface area contributed by atoms with E-state index >= 15 is 0 Å². The molecule has 1 rings (SSSR count). The van der Waals surface area contributed by atoms with Crippen molar-refractivity contribution in [3.8, 4) is 0 Å². The van der Waals surface area contributed by atoms with Gasteiger partial charge in [-0.15, -0.1) is 11.3 Å². The minimum Gasteiger partial charge on any atom is -0.309 e. The Bertz CT molecular complexity index is 274. The summed E-state index contributed by atoms with van der Waals surface area (Å²) in [6, 6.07) is 0.403. The molecule has 0 saturated carbocycles. The lowest BCUT2D eigenvalue weighted by Crippen LogP contribution is -2.27. The van der Waals surface area contributed by atoms with Crippen molar-refractivity contribution in [2.75, 3.05) is 12.0 Å². The smallest absolute Gasteiger partial charge is 0.0795 e. The van der Waals surface area contributed by atoms with Crippen molar-refractivity contribution >= 4 is 22.1 Å². The maximum atomic E-state index is 10.9. The Morgan fingerprint density at radius 1 is 1.71 bits per heavy atom. The average molecular weight is 232 g/mol. The summed E-state index contributed by atoms with van der Waals surface area (Å²) in [6.07, 6.45) is 2.69. The van der Waals surface area contributed by atoms with E-state index in [2.05, 4.69) is 17.2 Å². The van der Waals surface area contributed by atoms with E-state index in [1.165, 1.54) is 0 Å². The zero-order valence-corrected chi connectivity index (χ0v) is 10.2. The number of aromatic nitrogens is 1. The SMILES string of the molecule is CC(CCS(C)=O)NCc1cscn1. The van der Waals surface area contributed by atoms with Crippen molar-refractivity contribution in [3.63, 3.8) is 0 Å². The van der Waals surface area contributed by atoms with Gasteiger partial charge in [0, 0.05) is 40.8 Å². The molecule has 1 aromatic heterocycles. The zero-order valence-electron chi connectivity index (χ0n) is 8.53. The lowest BCUT2D eigenvalue weighted by molar-refractivity contribution is 0.531. The van der Waals surface area contributed by atoms with Gasteiger partial charge < -0.3 is 5.32 Å². The Balaban J connectivity index is 2.15. The van der Waals surface area contributed by atoms with Crippen LogP contribution in [0.25, 0.3) is 0 Å². The second-order valence-electron chi connectivity index (χ2n) is 3.33. The molecule has 0 aliphatic heterocycles. The molecule has 0 aliphatic rings. The normalized spacial score (nSPS) is 15.3. The van der Waals surface area contributed by atoms with Crippen molar-refractivity contribution in [1.82, 2.24) is 10.3 Å². The van der Waals surface area contributed by atoms with Crippen LogP contribution in [-0.2, 0) is 17.3 Å². The molecule has 1 heterocycles. The number of thiazole rings is 1. The predicted molar refractivity (Wildman–Crippen MR) is 62.0 cm³/mol. The van der Waals surface area contributed by atoms with Crippen LogP contribution in [0.3, 0.4) is 0 Å². The molecule has 0 amide bonds. The molecule has 0 fully saturated rings. The predicted octanol–water partition coefficient (Wildman–Crippen LogP) is 1.39. The van der Waals surface area contributed by atoms with E-state index in [-0.39, 0.29) is 0 Å². The monoisotopic (exact) mass is 232 g/mol. The van der Waals surface area contributed by atoms with E-state index < -0.39 is 10.8 Å². The minimum absolute atomic E-state index is 0.403. The number of nitrogens with one attached hydrogen (secondary N) is 1. The first-order chi connectivity index (χ1) is 6.68. The van der Waals surface area contributed by atoms with Gasteiger partial charge in [-0.05, 0) is 13.3 Å². The van der Waals surface area contributed by atoms with Crippen LogP contribution in [0.15, 0.2) is 10.9 Å². The van der Waals surface area contributed by atoms with Gasteiger partial charge in [-0.3, -0.25) is 4.21 Å². The van der Waals surface area contributed by atoms with Crippen LogP contribution < -0.4 is 5.32 Å². The highest BCUT2D eigenvalue weighted by atomic mass is 32.2. The minimum atomic E-state index is -0.680. The van der Waals surface area contributed by atoms with Crippen LogP contribution in [0, 0.1) is 0 Å². The summed E-state index contributed by atoms with van der Waals surface area (Å²) in [5.74, 6) is 0.769. The van der Waals surface area contributed by atoms with Gasteiger partial charge in [-0.2, -0.15) is 0 Å². The third-order valence-corrected chi connectivity index (χ3v) is 3.40. The van der Waals surface area contributed by atoms with Gasteiger partial charge in [0.1, 0.15) is 0 Å². The van der Waals surface area contributed by atoms with Crippen LogP contribution in [0.5, 0.6) is 0 Å². The number of hydrogen-bond donors (Lipinski definition) is 1. The number of rotatable bonds is 6. The molecule has 0 aromatic carbocycles. The third kappa shape index (κ3) is 4.83. The van der Waals surface area contributed by atoms with Crippen molar-refractivity contribution in [1.29, 1.82) is 0 Å².